The number of halogens is 1. The van der Waals surface area contributed by atoms with Crippen molar-refractivity contribution in [1.29, 1.82) is 0 Å². The topological polar surface area (TPSA) is 95.4 Å². The van der Waals surface area contributed by atoms with Crippen molar-refractivity contribution in [1.82, 2.24) is 19.2 Å². The van der Waals surface area contributed by atoms with Crippen LogP contribution in [0.15, 0.2) is 71.6 Å². The monoisotopic (exact) mass is 437 g/mol. The van der Waals surface area contributed by atoms with Crippen molar-refractivity contribution in [2.45, 2.75) is 6.54 Å². The first-order valence-electron chi connectivity index (χ1n) is 10.3. The molecule has 0 unspecified atom stereocenters. The van der Waals surface area contributed by atoms with Crippen LogP contribution in [-0.4, -0.2) is 58.0 Å². The van der Waals surface area contributed by atoms with Gasteiger partial charge in [0, 0.05) is 25.2 Å². The summed E-state index contributed by atoms with van der Waals surface area (Å²) >= 11 is 0. The summed E-state index contributed by atoms with van der Waals surface area (Å²) in [5.41, 5.74) is 8.41. The van der Waals surface area contributed by atoms with E-state index < -0.39 is 0 Å². The summed E-state index contributed by atoms with van der Waals surface area (Å²) in [6.07, 6.45) is 1.80. The fourth-order valence-electron chi connectivity index (χ4n) is 3.55. The molecule has 4 rings (SSSR count). The average Bonchev–Trinajstić information content (AvgIpc) is 3.22. The second-order valence-corrected chi connectivity index (χ2v) is 7.44. The molecule has 0 bridgehead atoms. The summed E-state index contributed by atoms with van der Waals surface area (Å²) in [4.78, 5) is 27.1. The quantitative estimate of drug-likeness (QED) is 0.636. The molecule has 2 heterocycles. The lowest BCUT2D eigenvalue weighted by Gasteiger charge is -2.26. The molecule has 0 radical (unpaired) electrons. The Morgan fingerprint density at radius 2 is 1.88 bits per heavy atom. The normalized spacial score (nSPS) is 14.6. The number of carbonyl (C=O) groups is 1. The van der Waals surface area contributed by atoms with Crippen molar-refractivity contribution in [2.24, 2.45) is 5.73 Å². The molecule has 0 saturated carbocycles. The number of nitrogens with zero attached hydrogens (tertiary/aromatic N) is 4. The molecular formula is C23H24FN5O3. The van der Waals surface area contributed by atoms with Gasteiger partial charge in [0.2, 0.25) is 0 Å². The summed E-state index contributed by atoms with van der Waals surface area (Å²) in [6, 6.07) is 14.8. The van der Waals surface area contributed by atoms with E-state index in [-0.39, 0.29) is 30.3 Å². The van der Waals surface area contributed by atoms with Crippen LogP contribution in [0.25, 0.3) is 16.8 Å². The van der Waals surface area contributed by atoms with Gasteiger partial charge < -0.3 is 15.4 Å². The molecule has 1 aliphatic rings. The van der Waals surface area contributed by atoms with Crippen molar-refractivity contribution in [2.75, 3.05) is 32.8 Å². The lowest BCUT2D eigenvalue weighted by Crippen LogP contribution is -2.40. The highest BCUT2D eigenvalue weighted by Gasteiger charge is 2.18. The minimum atomic E-state index is -0.388. The second-order valence-electron chi connectivity index (χ2n) is 7.44. The van der Waals surface area contributed by atoms with Crippen LogP contribution < -0.4 is 11.4 Å². The van der Waals surface area contributed by atoms with Crippen molar-refractivity contribution in [3.63, 3.8) is 0 Å². The van der Waals surface area contributed by atoms with Crippen LogP contribution in [-0.2, 0) is 11.3 Å². The molecule has 0 aliphatic carbocycles. The first-order chi connectivity index (χ1) is 15.6. The maximum atomic E-state index is 12.8. The second kappa shape index (κ2) is 9.71. The number of morpholine rings is 1. The molecule has 0 spiro atoms. The van der Waals surface area contributed by atoms with E-state index >= 15 is 0 Å². The fraction of sp³-hybridized carbons (Fsp3) is 0.261. The van der Waals surface area contributed by atoms with Gasteiger partial charge in [0.05, 0.1) is 31.8 Å². The van der Waals surface area contributed by atoms with Gasteiger partial charge in [-0.1, -0.05) is 24.3 Å². The van der Waals surface area contributed by atoms with Gasteiger partial charge in [-0.25, -0.2) is 18.4 Å². The molecule has 8 nitrogen and oxygen atoms in total. The Balaban J connectivity index is 1.55. The third-order valence-corrected chi connectivity index (χ3v) is 5.39. The SMILES string of the molecule is NC/C(=C\F)Cn1ncn(-c2cccc(-c3ccc(C(=O)N4CCOCC4)cc3)c2)c1=O. The highest BCUT2D eigenvalue weighted by atomic mass is 19.1. The summed E-state index contributed by atoms with van der Waals surface area (Å²) in [7, 11) is 0. The number of rotatable bonds is 6. The summed E-state index contributed by atoms with van der Waals surface area (Å²) in [5.74, 6) is -0.00764. The third-order valence-electron chi connectivity index (χ3n) is 5.39. The largest absolute Gasteiger partial charge is 0.378 e. The third kappa shape index (κ3) is 4.53. The lowest BCUT2D eigenvalue weighted by molar-refractivity contribution is 0.0303. The van der Waals surface area contributed by atoms with Crippen molar-refractivity contribution < 1.29 is 13.9 Å². The molecule has 1 aromatic heterocycles. The highest BCUT2D eigenvalue weighted by Crippen LogP contribution is 2.23. The summed E-state index contributed by atoms with van der Waals surface area (Å²) in [5, 5.41) is 4.06. The Morgan fingerprint density at radius 1 is 1.12 bits per heavy atom. The number of hydrogen-bond donors (Lipinski definition) is 1. The zero-order valence-electron chi connectivity index (χ0n) is 17.5. The number of hydrogen-bond acceptors (Lipinski definition) is 5. The van der Waals surface area contributed by atoms with E-state index in [9.17, 15) is 14.0 Å². The van der Waals surface area contributed by atoms with Gasteiger partial charge >= 0.3 is 5.69 Å². The maximum Gasteiger partial charge on any atom is 0.350 e. The van der Waals surface area contributed by atoms with E-state index in [0.29, 0.717) is 43.9 Å². The minimum Gasteiger partial charge on any atom is -0.378 e. The molecule has 2 N–H and O–H groups in total. The van der Waals surface area contributed by atoms with E-state index in [1.54, 1.807) is 11.0 Å². The number of carbonyl (C=O) groups excluding carboxylic acids is 1. The molecule has 0 atom stereocenters. The van der Waals surface area contributed by atoms with Crippen molar-refractivity contribution in [3.8, 4) is 16.8 Å². The fourth-order valence-corrected chi connectivity index (χ4v) is 3.55. The molecule has 32 heavy (non-hydrogen) atoms. The summed E-state index contributed by atoms with van der Waals surface area (Å²) < 4.78 is 20.7. The molecule has 1 saturated heterocycles. The van der Waals surface area contributed by atoms with Gasteiger partial charge in [0.15, 0.2) is 0 Å². The summed E-state index contributed by atoms with van der Waals surface area (Å²) in [6.45, 7) is 2.32. The maximum absolute atomic E-state index is 12.8. The first kappa shape index (κ1) is 21.7. The smallest absolute Gasteiger partial charge is 0.350 e. The molecule has 1 fully saturated rings. The van der Waals surface area contributed by atoms with Crippen molar-refractivity contribution in [3.05, 3.63) is 82.8 Å². The molecule has 1 amide bonds. The van der Waals surface area contributed by atoms with Crippen LogP contribution in [0.4, 0.5) is 4.39 Å². The van der Waals surface area contributed by atoms with Crippen LogP contribution in [0.5, 0.6) is 0 Å². The Bertz CT molecular complexity index is 1180. The van der Waals surface area contributed by atoms with Crippen LogP contribution in [0.2, 0.25) is 0 Å². The van der Waals surface area contributed by atoms with Gasteiger partial charge in [0.1, 0.15) is 6.33 Å². The van der Waals surface area contributed by atoms with Gasteiger partial charge in [-0.2, -0.15) is 5.10 Å². The van der Waals surface area contributed by atoms with Gasteiger partial charge in [-0.3, -0.25) is 4.79 Å². The highest BCUT2D eigenvalue weighted by molar-refractivity contribution is 5.94. The number of nitrogens with two attached hydrogens (primary N) is 1. The Kier molecular flexibility index (Phi) is 6.58. The van der Waals surface area contributed by atoms with Gasteiger partial charge in [0.25, 0.3) is 5.91 Å². The minimum absolute atomic E-state index is 0.00282. The standard InChI is InChI=1S/C23H24FN5O3/c24-13-17(14-25)15-29-23(31)28(16-26-29)21-3-1-2-20(12-21)18-4-6-19(7-5-18)22(30)27-8-10-32-11-9-27/h1-7,12-13,16H,8-11,14-15,25H2/b17-13+. The molecule has 9 heteroatoms. The van der Waals surface area contributed by atoms with E-state index in [4.69, 9.17) is 10.5 Å². The Labute approximate surface area is 184 Å². The molecule has 3 aromatic rings. The Morgan fingerprint density at radius 3 is 2.56 bits per heavy atom. The predicted octanol–water partition coefficient (Wildman–Crippen LogP) is 1.99. The lowest BCUT2D eigenvalue weighted by atomic mass is 10.0. The van der Waals surface area contributed by atoms with Crippen molar-refractivity contribution >= 4 is 5.91 Å². The van der Waals surface area contributed by atoms with Crippen LogP contribution >= 0.6 is 0 Å². The molecule has 166 valence electrons. The van der Waals surface area contributed by atoms with Gasteiger partial charge in [-0.15, -0.1) is 0 Å². The van der Waals surface area contributed by atoms with E-state index in [2.05, 4.69) is 5.10 Å². The number of amides is 1. The molecule has 1 aliphatic heterocycles. The zero-order valence-corrected chi connectivity index (χ0v) is 17.5. The number of aromatic nitrogens is 3. The van der Waals surface area contributed by atoms with E-state index in [1.807, 2.05) is 42.5 Å². The van der Waals surface area contributed by atoms with E-state index in [1.165, 1.54) is 10.9 Å². The zero-order chi connectivity index (χ0) is 22.5. The average molecular weight is 437 g/mol. The Hall–Kier alpha value is -3.56. The van der Waals surface area contributed by atoms with Gasteiger partial charge in [-0.05, 0) is 41.0 Å². The van der Waals surface area contributed by atoms with Crippen LogP contribution in [0.1, 0.15) is 10.4 Å². The first-order valence-corrected chi connectivity index (χ1v) is 10.3. The predicted molar refractivity (Wildman–Crippen MR) is 118 cm³/mol. The molecule has 2 aromatic carbocycles. The number of ether oxygens (including phenoxy) is 1. The molecular weight excluding hydrogens is 413 g/mol. The van der Waals surface area contributed by atoms with Crippen LogP contribution in [0.3, 0.4) is 0 Å². The van der Waals surface area contributed by atoms with E-state index in [0.717, 1.165) is 15.8 Å². The van der Waals surface area contributed by atoms with Crippen LogP contribution in [0, 0.1) is 0 Å². The number of benzene rings is 2.